The van der Waals surface area contributed by atoms with Gasteiger partial charge in [0, 0.05) is 23.6 Å². The van der Waals surface area contributed by atoms with E-state index in [1.807, 2.05) is 13.1 Å². The third kappa shape index (κ3) is 3.22. The zero-order valence-corrected chi connectivity index (χ0v) is 16.7. The van der Waals surface area contributed by atoms with Crippen molar-refractivity contribution in [1.29, 1.82) is 0 Å². The van der Waals surface area contributed by atoms with Crippen molar-refractivity contribution in [3.63, 3.8) is 0 Å². The minimum atomic E-state index is -0.190. The van der Waals surface area contributed by atoms with Gasteiger partial charge in [0.2, 0.25) is 0 Å². The number of nitrogen functional groups attached to an aromatic ring is 1. The average molecular weight is 356 g/mol. The van der Waals surface area contributed by atoms with E-state index in [1.54, 1.807) is 6.07 Å². The Morgan fingerprint density at radius 3 is 2.73 bits per heavy atom. The summed E-state index contributed by atoms with van der Waals surface area (Å²) in [5, 5.41) is 20.7. The molecule has 1 fully saturated rings. The molecule has 4 nitrogen and oxygen atoms in total. The fourth-order valence-corrected chi connectivity index (χ4v) is 5.11. The van der Waals surface area contributed by atoms with Gasteiger partial charge in [-0.2, -0.15) is 0 Å². The molecule has 0 spiro atoms. The third-order valence-corrected chi connectivity index (χ3v) is 6.82. The second-order valence-corrected chi connectivity index (χ2v) is 8.89. The van der Waals surface area contributed by atoms with Crippen molar-refractivity contribution >= 4 is 29.5 Å². The topological polar surface area (TPSA) is 71.4 Å². The fourth-order valence-electron chi connectivity index (χ4n) is 5.11. The smallest absolute Gasteiger partial charge is 0.311 e. The molecule has 3 rings (SSSR count). The standard InChI is InChI=1S/C21H33BN2O2/c1-13(8-9-14-7-5-6-12-21(14,2)3)19-18(23)15-10-11-16(25)17(22-26)20(15)24(19)4/h10-11,13-14,22,25-26H,5-9,12,23H2,1-4H3. The Morgan fingerprint density at radius 1 is 1.35 bits per heavy atom. The third-order valence-electron chi connectivity index (χ3n) is 6.82. The van der Waals surface area contributed by atoms with Crippen LogP contribution in [0.1, 0.15) is 70.9 Å². The number of fused-ring (bicyclic) bond motifs is 1. The number of hydrogen-bond donors (Lipinski definition) is 3. The molecule has 0 saturated heterocycles. The maximum absolute atomic E-state index is 10.1. The van der Waals surface area contributed by atoms with Gasteiger partial charge >= 0.3 is 7.48 Å². The Bertz CT molecular complexity index is 797. The first-order chi connectivity index (χ1) is 12.3. The Kier molecular flexibility index (Phi) is 5.29. The Hall–Kier alpha value is -1.62. The second-order valence-electron chi connectivity index (χ2n) is 8.89. The number of aromatic hydroxyl groups is 1. The van der Waals surface area contributed by atoms with Gasteiger partial charge in [-0.3, -0.25) is 0 Å². The van der Waals surface area contributed by atoms with Gasteiger partial charge in [-0.25, -0.2) is 0 Å². The van der Waals surface area contributed by atoms with Crippen molar-refractivity contribution in [3.05, 3.63) is 17.8 Å². The number of hydrogen-bond acceptors (Lipinski definition) is 3. The predicted octanol–water partition coefficient (Wildman–Crippen LogP) is 3.54. The quantitative estimate of drug-likeness (QED) is 0.718. The molecule has 1 aliphatic rings. The molecule has 1 aromatic heterocycles. The number of aromatic nitrogens is 1. The van der Waals surface area contributed by atoms with Crippen LogP contribution in [0.25, 0.3) is 10.9 Å². The molecule has 26 heavy (non-hydrogen) atoms. The maximum Gasteiger partial charge on any atom is 0.311 e. The average Bonchev–Trinajstić information content (AvgIpc) is 2.84. The van der Waals surface area contributed by atoms with E-state index in [2.05, 4.69) is 25.3 Å². The maximum atomic E-state index is 10.1. The van der Waals surface area contributed by atoms with E-state index < -0.39 is 0 Å². The lowest BCUT2D eigenvalue weighted by Gasteiger charge is -2.39. The van der Waals surface area contributed by atoms with Crippen molar-refractivity contribution in [2.45, 2.75) is 65.2 Å². The lowest BCUT2D eigenvalue weighted by atomic mass is 9.67. The van der Waals surface area contributed by atoms with Gasteiger partial charge in [-0.1, -0.05) is 33.6 Å². The van der Waals surface area contributed by atoms with Gasteiger partial charge in [-0.05, 0) is 55.1 Å². The molecule has 0 radical (unpaired) electrons. The Balaban J connectivity index is 1.88. The van der Waals surface area contributed by atoms with E-state index in [4.69, 9.17) is 5.73 Å². The lowest BCUT2D eigenvalue weighted by Crippen LogP contribution is -2.28. The van der Waals surface area contributed by atoms with Crippen LogP contribution in [0.3, 0.4) is 0 Å². The number of anilines is 1. The number of nitrogens with zero attached hydrogens (tertiary/aromatic N) is 1. The zero-order valence-electron chi connectivity index (χ0n) is 16.7. The van der Waals surface area contributed by atoms with Crippen molar-refractivity contribution in [2.75, 3.05) is 5.73 Å². The number of aryl methyl sites for hydroxylation is 1. The number of benzene rings is 1. The van der Waals surface area contributed by atoms with Gasteiger partial charge in [-0.15, -0.1) is 0 Å². The predicted molar refractivity (Wildman–Crippen MR) is 111 cm³/mol. The number of phenols is 1. The first kappa shape index (κ1) is 19.2. The molecule has 1 aromatic carbocycles. The molecule has 2 unspecified atom stereocenters. The molecule has 0 bridgehead atoms. The fraction of sp³-hybridized carbons (Fsp3) is 0.619. The summed E-state index contributed by atoms with van der Waals surface area (Å²) in [6.07, 6.45) is 7.74. The highest BCUT2D eigenvalue weighted by molar-refractivity contribution is 6.51. The molecule has 2 aromatic rings. The molecule has 2 atom stereocenters. The van der Waals surface area contributed by atoms with Crippen LogP contribution in [0.15, 0.2) is 12.1 Å². The van der Waals surface area contributed by atoms with E-state index in [0.717, 1.165) is 34.6 Å². The van der Waals surface area contributed by atoms with Crippen molar-refractivity contribution in [2.24, 2.45) is 18.4 Å². The van der Waals surface area contributed by atoms with Crippen molar-refractivity contribution in [1.82, 2.24) is 4.57 Å². The first-order valence-corrected chi connectivity index (χ1v) is 9.97. The zero-order chi connectivity index (χ0) is 19.1. The molecule has 4 N–H and O–H groups in total. The second kappa shape index (κ2) is 7.18. The summed E-state index contributed by atoms with van der Waals surface area (Å²) < 4.78 is 2.08. The molecule has 0 aliphatic heterocycles. The summed E-state index contributed by atoms with van der Waals surface area (Å²) in [6, 6.07) is 3.49. The molecular weight excluding hydrogens is 323 g/mol. The minimum absolute atomic E-state index is 0.128. The molecule has 0 amide bonds. The van der Waals surface area contributed by atoms with Crippen LogP contribution in [0.4, 0.5) is 5.69 Å². The number of phenolic OH excluding ortho intramolecular Hbond substituents is 1. The molecule has 5 heteroatoms. The largest absolute Gasteiger partial charge is 0.508 e. The Labute approximate surface area is 157 Å². The van der Waals surface area contributed by atoms with E-state index >= 15 is 0 Å². The van der Waals surface area contributed by atoms with E-state index in [9.17, 15) is 10.1 Å². The van der Waals surface area contributed by atoms with Crippen molar-refractivity contribution < 1.29 is 10.1 Å². The van der Waals surface area contributed by atoms with E-state index in [-0.39, 0.29) is 13.2 Å². The van der Waals surface area contributed by atoms with Gasteiger partial charge < -0.3 is 20.4 Å². The normalized spacial score (nSPS) is 21.0. The first-order valence-electron chi connectivity index (χ1n) is 9.97. The lowest BCUT2D eigenvalue weighted by molar-refractivity contribution is 0.125. The van der Waals surface area contributed by atoms with Crippen molar-refractivity contribution in [3.8, 4) is 5.75 Å². The number of rotatable bonds is 5. The van der Waals surface area contributed by atoms with Crippen LogP contribution in [0.2, 0.25) is 0 Å². The van der Waals surface area contributed by atoms with Crippen LogP contribution in [0.5, 0.6) is 5.75 Å². The van der Waals surface area contributed by atoms with Gasteiger partial charge in [0.05, 0.1) is 11.2 Å². The molecule has 1 saturated carbocycles. The molecular formula is C21H33BN2O2. The summed E-state index contributed by atoms with van der Waals surface area (Å²) in [7, 11) is 1.80. The Morgan fingerprint density at radius 2 is 2.08 bits per heavy atom. The highest BCUT2D eigenvalue weighted by Crippen LogP contribution is 2.44. The van der Waals surface area contributed by atoms with E-state index in [1.165, 1.54) is 32.1 Å². The monoisotopic (exact) mass is 356 g/mol. The van der Waals surface area contributed by atoms with Crippen LogP contribution in [-0.2, 0) is 7.05 Å². The highest BCUT2D eigenvalue weighted by Gasteiger charge is 2.32. The molecule has 1 heterocycles. The van der Waals surface area contributed by atoms with Gasteiger partial charge in [0.1, 0.15) is 5.75 Å². The van der Waals surface area contributed by atoms with Gasteiger partial charge in [0.15, 0.2) is 0 Å². The van der Waals surface area contributed by atoms with E-state index in [0.29, 0.717) is 16.8 Å². The summed E-state index contributed by atoms with van der Waals surface area (Å²) >= 11 is 0. The van der Waals surface area contributed by atoms with Gasteiger partial charge in [0.25, 0.3) is 0 Å². The SMILES string of the molecule is CC(CCC1CCCCC1(C)C)c1c(N)c2ccc(O)c(BO)c2n1C. The van der Waals surface area contributed by atoms with Crippen LogP contribution in [0, 0.1) is 11.3 Å². The summed E-state index contributed by atoms with van der Waals surface area (Å²) in [5.41, 5.74) is 10.2. The molecule has 1 aliphatic carbocycles. The summed E-state index contributed by atoms with van der Waals surface area (Å²) in [5.74, 6) is 1.26. The highest BCUT2D eigenvalue weighted by atomic mass is 16.3. The van der Waals surface area contributed by atoms with Crippen LogP contribution in [-0.4, -0.2) is 22.2 Å². The summed E-state index contributed by atoms with van der Waals surface area (Å²) in [4.78, 5) is 0. The van der Waals surface area contributed by atoms with Crippen LogP contribution < -0.4 is 11.2 Å². The number of nitrogens with two attached hydrogens (primary N) is 1. The summed E-state index contributed by atoms with van der Waals surface area (Å²) in [6.45, 7) is 7.09. The van der Waals surface area contributed by atoms with Crippen LogP contribution >= 0.6 is 0 Å². The molecule has 142 valence electrons. The minimum Gasteiger partial charge on any atom is -0.508 e.